The van der Waals surface area contributed by atoms with Gasteiger partial charge in [0, 0.05) is 30.5 Å². The first kappa shape index (κ1) is 16.2. The monoisotopic (exact) mass is 272 g/mol. The molecule has 1 rings (SSSR count). The highest BCUT2D eigenvalue weighted by Gasteiger charge is 2.46. The number of nitrogens with zero attached hydrogens (tertiary/aromatic N) is 1. The lowest BCUT2D eigenvalue weighted by Gasteiger charge is -2.50. The molecular weight excluding hydrogens is 244 g/mol. The average Bonchev–Trinajstić information content (AvgIpc) is 2.25. The summed E-state index contributed by atoms with van der Waals surface area (Å²) in [4.78, 5) is 11.7. The molecule has 0 aromatic carbocycles. The summed E-state index contributed by atoms with van der Waals surface area (Å²) in [7, 11) is 0. The molecule has 1 fully saturated rings. The molecule has 112 valence electrons. The van der Waals surface area contributed by atoms with Crippen LogP contribution in [0.2, 0.25) is 0 Å². The van der Waals surface area contributed by atoms with E-state index < -0.39 is 11.1 Å². The van der Waals surface area contributed by atoms with Crippen LogP contribution in [0.4, 0.5) is 4.79 Å². The quantitative estimate of drug-likeness (QED) is 0.772. The van der Waals surface area contributed by atoms with Crippen molar-refractivity contribution in [1.82, 2.24) is 10.4 Å². The molecule has 0 saturated carbocycles. The summed E-state index contributed by atoms with van der Waals surface area (Å²) in [5, 5.41) is 14.3. The first-order valence-electron chi connectivity index (χ1n) is 7.13. The fourth-order valence-electron chi connectivity index (χ4n) is 2.82. The van der Waals surface area contributed by atoms with Crippen LogP contribution in [-0.2, 0) is 4.74 Å². The molecule has 1 aliphatic rings. The molecular formula is C14H28N2O3. The van der Waals surface area contributed by atoms with E-state index in [9.17, 15) is 10.0 Å². The summed E-state index contributed by atoms with van der Waals surface area (Å²) in [6.45, 7) is 10.6. The van der Waals surface area contributed by atoms with E-state index in [-0.39, 0.29) is 12.2 Å². The van der Waals surface area contributed by atoms with Gasteiger partial charge in [-0.3, -0.25) is 0 Å². The van der Waals surface area contributed by atoms with Crippen LogP contribution >= 0.6 is 0 Å². The number of alkyl carbamates (subject to hydrolysis) is 1. The van der Waals surface area contributed by atoms with E-state index in [2.05, 4.69) is 12.2 Å². The number of nitrogens with one attached hydrogen (secondary N) is 1. The van der Waals surface area contributed by atoms with Crippen LogP contribution in [0.3, 0.4) is 0 Å². The molecule has 1 aliphatic heterocycles. The van der Waals surface area contributed by atoms with E-state index in [1.807, 2.05) is 27.7 Å². The molecule has 0 radical (unpaired) electrons. The van der Waals surface area contributed by atoms with Crippen molar-refractivity contribution in [3.8, 4) is 0 Å². The maximum absolute atomic E-state index is 11.7. The van der Waals surface area contributed by atoms with Gasteiger partial charge in [0.05, 0.1) is 0 Å². The van der Waals surface area contributed by atoms with Gasteiger partial charge in [-0.15, -0.1) is 0 Å². The first-order chi connectivity index (χ1) is 8.69. The van der Waals surface area contributed by atoms with E-state index in [4.69, 9.17) is 4.74 Å². The van der Waals surface area contributed by atoms with Crippen LogP contribution in [0.25, 0.3) is 0 Å². The number of hydrogen-bond donors (Lipinski definition) is 2. The van der Waals surface area contributed by atoms with Crippen molar-refractivity contribution in [2.24, 2.45) is 0 Å². The Bertz CT molecular complexity index is 298. The van der Waals surface area contributed by atoms with Crippen LogP contribution in [-0.4, -0.2) is 40.1 Å². The van der Waals surface area contributed by atoms with Crippen molar-refractivity contribution < 1.29 is 14.7 Å². The van der Waals surface area contributed by atoms with Gasteiger partial charge in [-0.2, -0.15) is 5.06 Å². The highest BCUT2D eigenvalue weighted by atomic mass is 16.6. The molecule has 0 aromatic heterocycles. The Morgan fingerprint density at radius 1 is 1.32 bits per heavy atom. The third-order valence-electron chi connectivity index (χ3n) is 3.67. The predicted molar refractivity (Wildman–Crippen MR) is 74.2 cm³/mol. The van der Waals surface area contributed by atoms with Crippen LogP contribution in [0.1, 0.15) is 60.3 Å². The van der Waals surface area contributed by atoms with E-state index in [0.717, 1.165) is 12.8 Å². The van der Waals surface area contributed by atoms with Crippen molar-refractivity contribution in [1.29, 1.82) is 0 Å². The number of hydrogen-bond acceptors (Lipinski definition) is 4. The SMILES string of the molecule is CCCCNC(=O)OC1CC(C)(C)N(O)C(C)(C)C1. The lowest BCUT2D eigenvalue weighted by Crippen LogP contribution is -2.60. The average molecular weight is 272 g/mol. The molecule has 19 heavy (non-hydrogen) atoms. The Morgan fingerprint density at radius 2 is 1.84 bits per heavy atom. The van der Waals surface area contributed by atoms with Gasteiger partial charge in [-0.1, -0.05) is 13.3 Å². The number of carbonyl (C=O) groups excluding carboxylic acids is 1. The Labute approximate surface area is 116 Å². The molecule has 0 aromatic rings. The smallest absolute Gasteiger partial charge is 0.407 e. The van der Waals surface area contributed by atoms with Gasteiger partial charge < -0.3 is 15.3 Å². The summed E-state index contributed by atoms with van der Waals surface area (Å²) in [5.74, 6) is 0. The lowest BCUT2D eigenvalue weighted by molar-refractivity contribution is -0.256. The number of rotatable bonds is 4. The summed E-state index contributed by atoms with van der Waals surface area (Å²) >= 11 is 0. The van der Waals surface area contributed by atoms with Gasteiger partial charge in [0.1, 0.15) is 6.10 Å². The van der Waals surface area contributed by atoms with Gasteiger partial charge in [0.25, 0.3) is 0 Å². The molecule has 0 bridgehead atoms. The molecule has 1 amide bonds. The number of amides is 1. The van der Waals surface area contributed by atoms with Crippen molar-refractivity contribution in [3.63, 3.8) is 0 Å². The highest BCUT2D eigenvalue weighted by molar-refractivity contribution is 5.67. The minimum Gasteiger partial charge on any atom is -0.446 e. The Morgan fingerprint density at radius 3 is 2.32 bits per heavy atom. The number of carbonyl (C=O) groups is 1. The third-order valence-corrected chi connectivity index (χ3v) is 3.67. The van der Waals surface area contributed by atoms with E-state index >= 15 is 0 Å². The second kappa shape index (κ2) is 6.09. The maximum Gasteiger partial charge on any atom is 0.407 e. The molecule has 0 unspecified atom stereocenters. The van der Waals surface area contributed by atoms with Gasteiger partial charge in [0.2, 0.25) is 0 Å². The summed E-state index contributed by atoms with van der Waals surface area (Å²) in [6, 6.07) is 0. The molecule has 0 atom stereocenters. The first-order valence-corrected chi connectivity index (χ1v) is 7.13. The van der Waals surface area contributed by atoms with Gasteiger partial charge >= 0.3 is 6.09 Å². The second-order valence-corrected chi connectivity index (χ2v) is 6.65. The van der Waals surface area contributed by atoms with Crippen molar-refractivity contribution in [3.05, 3.63) is 0 Å². The molecule has 2 N–H and O–H groups in total. The van der Waals surface area contributed by atoms with E-state index in [1.165, 1.54) is 5.06 Å². The zero-order chi connectivity index (χ0) is 14.7. The lowest BCUT2D eigenvalue weighted by atomic mass is 9.80. The summed E-state index contributed by atoms with van der Waals surface area (Å²) in [6.07, 6.45) is 2.76. The van der Waals surface area contributed by atoms with Crippen molar-refractivity contribution in [2.45, 2.75) is 77.5 Å². The third kappa shape index (κ3) is 4.35. The zero-order valence-electron chi connectivity index (χ0n) is 12.8. The molecule has 1 heterocycles. The van der Waals surface area contributed by atoms with Crippen molar-refractivity contribution in [2.75, 3.05) is 6.54 Å². The topological polar surface area (TPSA) is 61.8 Å². The Balaban J connectivity index is 2.53. The number of hydroxylamine groups is 2. The fraction of sp³-hybridized carbons (Fsp3) is 0.929. The zero-order valence-corrected chi connectivity index (χ0v) is 12.8. The van der Waals surface area contributed by atoms with Gasteiger partial charge in [-0.05, 0) is 34.1 Å². The second-order valence-electron chi connectivity index (χ2n) is 6.65. The molecule has 1 saturated heterocycles. The van der Waals surface area contributed by atoms with Crippen LogP contribution in [0.5, 0.6) is 0 Å². The fourth-order valence-corrected chi connectivity index (χ4v) is 2.82. The minimum atomic E-state index is -0.393. The summed E-state index contributed by atoms with van der Waals surface area (Å²) < 4.78 is 5.47. The summed E-state index contributed by atoms with van der Waals surface area (Å²) in [5.41, 5.74) is -0.785. The normalized spacial score (nSPS) is 23.1. The van der Waals surface area contributed by atoms with E-state index in [0.29, 0.717) is 19.4 Å². The Hall–Kier alpha value is -0.810. The molecule has 0 spiro atoms. The molecule has 5 nitrogen and oxygen atoms in total. The molecule has 0 aliphatic carbocycles. The predicted octanol–water partition coefficient (Wildman–Crippen LogP) is 2.92. The van der Waals surface area contributed by atoms with E-state index in [1.54, 1.807) is 0 Å². The minimum absolute atomic E-state index is 0.157. The van der Waals surface area contributed by atoms with Gasteiger partial charge in [0.15, 0.2) is 0 Å². The maximum atomic E-state index is 11.7. The molecule has 5 heteroatoms. The van der Waals surface area contributed by atoms with Crippen molar-refractivity contribution >= 4 is 6.09 Å². The number of piperidine rings is 1. The number of unbranched alkanes of at least 4 members (excludes halogenated alkanes) is 1. The van der Waals surface area contributed by atoms with Crippen LogP contribution in [0, 0.1) is 0 Å². The standard InChI is InChI=1S/C14H28N2O3/c1-6-7-8-15-12(17)19-11-9-13(2,3)16(18)14(4,5)10-11/h11,18H,6-10H2,1-5H3,(H,15,17). The van der Waals surface area contributed by atoms with Crippen LogP contribution < -0.4 is 5.32 Å². The highest BCUT2D eigenvalue weighted by Crippen LogP contribution is 2.37. The van der Waals surface area contributed by atoms with Crippen LogP contribution in [0.15, 0.2) is 0 Å². The Kier molecular flexibility index (Phi) is 5.21. The largest absolute Gasteiger partial charge is 0.446 e. The van der Waals surface area contributed by atoms with Gasteiger partial charge in [-0.25, -0.2) is 4.79 Å². The number of ether oxygens (including phenoxy) is 1.